The van der Waals surface area contributed by atoms with Crippen LogP contribution in [0.1, 0.15) is 22.3 Å². The van der Waals surface area contributed by atoms with Gasteiger partial charge in [-0.2, -0.15) is 0 Å². The topological polar surface area (TPSA) is 70.7 Å². The first-order valence-electron chi connectivity index (χ1n) is 9.93. The van der Waals surface area contributed by atoms with Crippen LogP contribution in [0.25, 0.3) is 0 Å². The molecule has 3 rings (SSSR count). The van der Waals surface area contributed by atoms with Crippen molar-refractivity contribution in [3.05, 3.63) is 63.9 Å². The normalized spacial score (nSPS) is 14.3. The molecule has 1 heterocycles. The van der Waals surface area contributed by atoms with Crippen molar-refractivity contribution in [2.75, 3.05) is 44.7 Å². The average molecular weight is 478 g/mol. The molecule has 2 aromatic rings. The molecule has 0 aromatic heterocycles. The molecule has 2 N–H and O–H groups in total. The maximum absolute atomic E-state index is 13.3. The summed E-state index contributed by atoms with van der Waals surface area (Å²) in [5.74, 6) is -1.12. The number of nitrogens with one attached hydrogen (secondary N) is 2. The van der Waals surface area contributed by atoms with Gasteiger partial charge in [0, 0.05) is 42.8 Å². The third-order valence-corrected chi connectivity index (χ3v) is 5.56. The number of anilines is 1. The molecule has 2 aromatic carbocycles. The number of hydrogen-bond donors (Lipinski definition) is 2. The number of carbonyl (C=O) groups excluding carboxylic acids is 2. The highest BCUT2D eigenvalue weighted by molar-refractivity contribution is 9.10. The van der Waals surface area contributed by atoms with Gasteiger partial charge in [-0.25, -0.2) is 4.39 Å². The van der Waals surface area contributed by atoms with Crippen molar-refractivity contribution >= 4 is 33.4 Å². The number of hydrogen-bond acceptors (Lipinski definition) is 4. The second-order valence-electron chi connectivity index (χ2n) is 7.08. The number of nitrogens with zero attached hydrogens (tertiary/aromatic N) is 1. The summed E-state index contributed by atoms with van der Waals surface area (Å²) in [5, 5.41) is 5.45. The Balaban J connectivity index is 1.39. The van der Waals surface area contributed by atoms with E-state index in [-0.39, 0.29) is 24.4 Å². The summed E-state index contributed by atoms with van der Waals surface area (Å²) in [6.07, 6.45) is 1.08. The van der Waals surface area contributed by atoms with E-state index in [1.165, 1.54) is 17.7 Å². The second-order valence-corrected chi connectivity index (χ2v) is 7.93. The largest absolute Gasteiger partial charge is 0.379 e. The highest BCUT2D eigenvalue weighted by Crippen LogP contribution is 2.17. The summed E-state index contributed by atoms with van der Waals surface area (Å²) in [6, 6.07) is 11.7. The molecule has 160 valence electrons. The fourth-order valence-corrected chi connectivity index (χ4v) is 3.57. The number of carbonyl (C=O) groups is 2. The molecule has 0 aliphatic carbocycles. The molecular formula is C22H25BrFN3O3. The van der Waals surface area contributed by atoms with Crippen molar-refractivity contribution in [1.29, 1.82) is 0 Å². The number of morpholine rings is 1. The van der Waals surface area contributed by atoms with Gasteiger partial charge in [0.2, 0.25) is 5.91 Å². The van der Waals surface area contributed by atoms with Gasteiger partial charge in [-0.1, -0.05) is 12.1 Å². The Kier molecular flexibility index (Phi) is 8.36. The van der Waals surface area contributed by atoms with E-state index in [1.54, 1.807) is 0 Å². The lowest BCUT2D eigenvalue weighted by atomic mass is 10.1. The molecule has 1 fully saturated rings. The van der Waals surface area contributed by atoms with Gasteiger partial charge >= 0.3 is 0 Å². The number of rotatable bonds is 8. The van der Waals surface area contributed by atoms with Gasteiger partial charge in [0.1, 0.15) is 5.82 Å². The molecule has 30 heavy (non-hydrogen) atoms. The van der Waals surface area contributed by atoms with Crippen molar-refractivity contribution < 1.29 is 18.7 Å². The molecule has 1 aliphatic rings. The van der Waals surface area contributed by atoms with Gasteiger partial charge in [0.25, 0.3) is 5.91 Å². The summed E-state index contributed by atoms with van der Waals surface area (Å²) in [6.45, 7) is 4.69. The van der Waals surface area contributed by atoms with Gasteiger partial charge < -0.3 is 15.4 Å². The number of halogens is 2. The maximum atomic E-state index is 13.3. The number of amides is 2. The Labute approximate surface area is 183 Å². The molecule has 0 atom stereocenters. The molecule has 1 aliphatic heterocycles. The smallest absolute Gasteiger partial charge is 0.252 e. The molecule has 6 nitrogen and oxygen atoms in total. The molecular weight excluding hydrogens is 453 g/mol. The maximum Gasteiger partial charge on any atom is 0.252 e. The Morgan fingerprint density at radius 2 is 1.83 bits per heavy atom. The predicted octanol–water partition coefficient (Wildman–Crippen LogP) is 3.22. The first-order chi connectivity index (χ1) is 14.5. The summed E-state index contributed by atoms with van der Waals surface area (Å²) < 4.78 is 19.2. The summed E-state index contributed by atoms with van der Waals surface area (Å²) in [4.78, 5) is 26.6. The average Bonchev–Trinajstić information content (AvgIpc) is 2.75. The zero-order valence-electron chi connectivity index (χ0n) is 16.6. The van der Waals surface area contributed by atoms with E-state index >= 15 is 0 Å². The summed E-state index contributed by atoms with van der Waals surface area (Å²) in [5.41, 5.74) is 2.13. The van der Waals surface area contributed by atoms with E-state index < -0.39 is 11.7 Å². The van der Waals surface area contributed by atoms with Gasteiger partial charge in [-0.05, 0) is 58.2 Å². The Morgan fingerprint density at radius 1 is 1.10 bits per heavy atom. The molecule has 0 saturated carbocycles. The molecule has 2 amide bonds. The van der Waals surface area contributed by atoms with Crippen molar-refractivity contribution in [3.8, 4) is 0 Å². The zero-order valence-corrected chi connectivity index (χ0v) is 18.2. The van der Waals surface area contributed by atoms with E-state index in [1.807, 2.05) is 24.3 Å². The third kappa shape index (κ3) is 6.90. The highest BCUT2D eigenvalue weighted by Gasteiger charge is 2.12. The molecule has 0 unspecified atom stereocenters. The monoisotopic (exact) mass is 477 g/mol. The molecule has 1 saturated heterocycles. The van der Waals surface area contributed by atoms with E-state index in [0.717, 1.165) is 45.3 Å². The predicted molar refractivity (Wildman–Crippen MR) is 117 cm³/mol. The number of benzene rings is 2. The van der Waals surface area contributed by atoms with Crippen LogP contribution in [-0.4, -0.2) is 56.1 Å². The Morgan fingerprint density at radius 3 is 2.57 bits per heavy atom. The van der Waals surface area contributed by atoms with Crippen LogP contribution in [0.2, 0.25) is 0 Å². The molecule has 0 bridgehead atoms. The quantitative estimate of drug-likeness (QED) is 0.612. The fraction of sp³-hybridized carbons (Fsp3) is 0.364. The van der Waals surface area contributed by atoms with Crippen LogP contribution >= 0.6 is 15.9 Å². The standard InChI is InChI=1S/C22H25BrFN3O3/c23-20-6-3-17(24)15-19(20)22(29)25-9-7-21(28)26-18-4-1-16(2-5-18)8-10-27-11-13-30-14-12-27/h1-6,15H,7-14H2,(H,25,29)(H,26,28). The van der Waals surface area contributed by atoms with Crippen LogP contribution < -0.4 is 10.6 Å². The van der Waals surface area contributed by atoms with E-state index in [2.05, 4.69) is 31.5 Å². The van der Waals surface area contributed by atoms with Gasteiger partial charge in [-0.15, -0.1) is 0 Å². The first-order valence-corrected chi connectivity index (χ1v) is 10.7. The Hall–Kier alpha value is -2.29. The minimum atomic E-state index is -0.491. The van der Waals surface area contributed by atoms with E-state index in [9.17, 15) is 14.0 Å². The molecule has 0 radical (unpaired) electrons. The summed E-state index contributed by atoms with van der Waals surface area (Å²) in [7, 11) is 0. The minimum Gasteiger partial charge on any atom is -0.379 e. The fourth-order valence-electron chi connectivity index (χ4n) is 3.15. The van der Waals surface area contributed by atoms with Gasteiger partial charge in [-0.3, -0.25) is 14.5 Å². The second kappa shape index (κ2) is 11.2. The lowest BCUT2D eigenvalue weighted by Gasteiger charge is -2.26. The third-order valence-electron chi connectivity index (χ3n) is 4.87. The molecule has 0 spiro atoms. The van der Waals surface area contributed by atoms with E-state index in [4.69, 9.17) is 4.74 Å². The number of ether oxygens (including phenoxy) is 1. The van der Waals surface area contributed by atoms with Gasteiger partial charge in [0.05, 0.1) is 18.8 Å². The first kappa shape index (κ1) is 22.4. The lowest BCUT2D eigenvalue weighted by molar-refractivity contribution is -0.116. The SMILES string of the molecule is O=C(CCNC(=O)c1cc(F)ccc1Br)Nc1ccc(CCN2CCOCC2)cc1. The van der Waals surface area contributed by atoms with Crippen LogP contribution in [-0.2, 0) is 16.0 Å². The Bertz CT molecular complexity index is 870. The van der Waals surface area contributed by atoms with Crippen molar-refractivity contribution in [2.45, 2.75) is 12.8 Å². The summed E-state index contributed by atoms with van der Waals surface area (Å²) >= 11 is 3.22. The zero-order chi connectivity index (χ0) is 21.3. The van der Waals surface area contributed by atoms with Crippen LogP contribution in [0.15, 0.2) is 46.9 Å². The van der Waals surface area contributed by atoms with Crippen molar-refractivity contribution in [1.82, 2.24) is 10.2 Å². The van der Waals surface area contributed by atoms with Crippen LogP contribution in [0.5, 0.6) is 0 Å². The van der Waals surface area contributed by atoms with Crippen molar-refractivity contribution in [2.24, 2.45) is 0 Å². The van der Waals surface area contributed by atoms with Crippen molar-refractivity contribution in [3.63, 3.8) is 0 Å². The minimum absolute atomic E-state index is 0.122. The van der Waals surface area contributed by atoms with Crippen LogP contribution in [0.4, 0.5) is 10.1 Å². The lowest BCUT2D eigenvalue weighted by Crippen LogP contribution is -2.37. The van der Waals surface area contributed by atoms with Crippen LogP contribution in [0.3, 0.4) is 0 Å². The molecule has 8 heteroatoms. The van der Waals surface area contributed by atoms with Crippen LogP contribution in [0, 0.1) is 5.82 Å². The van der Waals surface area contributed by atoms with E-state index in [0.29, 0.717) is 10.2 Å². The highest BCUT2D eigenvalue weighted by atomic mass is 79.9. The van der Waals surface area contributed by atoms with Gasteiger partial charge in [0.15, 0.2) is 0 Å².